The van der Waals surface area contributed by atoms with E-state index in [1.54, 1.807) is 0 Å². The molecule has 3 heteroatoms. The number of nitrogens with zero attached hydrogens (tertiary/aromatic N) is 1. The van der Waals surface area contributed by atoms with Gasteiger partial charge in [0.25, 0.3) is 0 Å². The van der Waals surface area contributed by atoms with E-state index in [1.807, 2.05) is 6.07 Å². The van der Waals surface area contributed by atoms with E-state index in [1.165, 1.54) is 17.7 Å². The lowest BCUT2D eigenvalue weighted by molar-refractivity contribution is 0.0982. The molecular weight excluding hydrogens is 258 g/mol. The van der Waals surface area contributed by atoms with Crippen molar-refractivity contribution in [2.75, 3.05) is 17.3 Å². The summed E-state index contributed by atoms with van der Waals surface area (Å²) in [5, 5.41) is 0. The zero-order valence-corrected chi connectivity index (χ0v) is 12.5. The van der Waals surface area contributed by atoms with Crippen LogP contribution in [0.2, 0.25) is 0 Å². The van der Waals surface area contributed by atoms with Crippen molar-refractivity contribution >= 4 is 23.1 Å². The third-order valence-corrected chi connectivity index (χ3v) is 3.99. The zero-order valence-electron chi connectivity index (χ0n) is 11.8. The largest absolute Gasteiger partial charge is 0.369 e. The lowest BCUT2D eigenvalue weighted by Gasteiger charge is -2.35. The number of rotatable bonds is 5. The molecule has 0 saturated heterocycles. The Labute approximate surface area is 120 Å². The second kappa shape index (κ2) is 6.42. The van der Waals surface area contributed by atoms with E-state index in [0.717, 1.165) is 24.9 Å². The number of benzene rings is 1. The van der Waals surface area contributed by atoms with Crippen molar-refractivity contribution in [1.82, 2.24) is 0 Å². The van der Waals surface area contributed by atoms with E-state index in [4.69, 9.17) is 11.6 Å². The number of hydrogen-bond acceptors (Lipinski definition) is 2. The number of alkyl halides is 1. The molecule has 0 aromatic heterocycles. The van der Waals surface area contributed by atoms with Gasteiger partial charge in [-0.2, -0.15) is 0 Å². The molecule has 0 fully saturated rings. The van der Waals surface area contributed by atoms with Crippen LogP contribution >= 0.6 is 11.6 Å². The Morgan fingerprint density at radius 2 is 2.21 bits per heavy atom. The number of ketones is 1. The predicted octanol–water partition coefficient (Wildman–Crippen LogP) is 4.05. The summed E-state index contributed by atoms with van der Waals surface area (Å²) in [5.74, 6) is 0.757. The van der Waals surface area contributed by atoms with Gasteiger partial charge in [-0.25, -0.2) is 0 Å². The van der Waals surface area contributed by atoms with Crippen LogP contribution in [0.3, 0.4) is 0 Å². The van der Waals surface area contributed by atoms with Gasteiger partial charge in [0.2, 0.25) is 0 Å². The Hall–Kier alpha value is -1.02. The fourth-order valence-electron chi connectivity index (χ4n) is 2.68. The Morgan fingerprint density at radius 1 is 1.42 bits per heavy atom. The summed E-state index contributed by atoms with van der Waals surface area (Å²) >= 11 is 5.65. The van der Waals surface area contributed by atoms with Crippen molar-refractivity contribution in [3.05, 3.63) is 29.3 Å². The Kier molecular flexibility index (Phi) is 4.87. The molecular formula is C16H22ClNO. The summed E-state index contributed by atoms with van der Waals surface area (Å²) in [6, 6.07) is 6.65. The predicted molar refractivity (Wildman–Crippen MR) is 81.5 cm³/mol. The first-order valence-corrected chi connectivity index (χ1v) is 7.65. The molecule has 1 aromatic carbocycles. The van der Waals surface area contributed by atoms with Gasteiger partial charge in [0.05, 0.1) is 0 Å². The second-order valence-corrected chi connectivity index (χ2v) is 5.83. The normalized spacial score (nSPS) is 14.6. The van der Waals surface area contributed by atoms with Gasteiger partial charge in [0.15, 0.2) is 5.78 Å². The lowest BCUT2D eigenvalue weighted by Crippen LogP contribution is -2.35. The van der Waals surface area contributed by atoms with Crippen molar-refractivity contribution in [2.45, 2.75) is 45.6 Å². The molecule has 1 aliphatic heterocycles. The highest BCUT2D eigenvalue weighted by molar-refractivity contribution is 6.18. The van der Waals surface area contributed by atoms with Crippen LogP contribution in [0.5, 0.6) is 0 Å². The molecule has 0 saturated carbocycles. The van der Waals surface area contributed by atoms with Crippen LogP contribution in [0.25, 0.3) is 0 Å². The first-order valence-electron chi connectivity index (χ1n) is 7.12. The molecule has 0 spiro atoms. The summed E-state index contributed by atoms with van der Waals surface area (Å²) in [6.07, 6.45) is 3.62. The Bertz CT molecular complexity index is 456. The van der Waals surface area contributed by atoms with E-state index >= 15 is 0 Å². The molecule has 0 aliphatic carbocycles. The van der Waals surface area contributed by atoms with Gasteiger partial charge in [-0.3, -0.25) is 4.79 Å². The van der Waals surface area contributed by atoms with E-state index in [0.29, 0.717) is 18.3 Å². The highest BCUT2D eigenvalue weighted by Gasteiger charge is 2.20. The van der Waals surface area contributed by atoms with Crippen LogP contribution in [0.1, 0.15) is 49.0 Å². The monoisotopic (exact) mass is 279 g/mol. The molecule has 0 radical (unpaired) electrons. The van der Waals surface area contributed by atoms with Gasteiger partial charge in [0.1, 0.15) is 0 Å². The number of fused-ring (bicyclic) bond motifs is 1. The van der Waals surface area contributed by atoms with E-state index < -0.39 is 0 Å². The first-order chi connectivity index (χ1) is 9.13. The number of hydrogen-bond donors (Lipinski definition) is 0. The smallest absolute Gasteiger partial charge is 0.162 e. The highest BCUT2D eigenvalue weighted by atomic mass is 35.5. The minimum absolute atomic E-state index is 0.206. The van der Waals surface area contributed by atoms with Gasteiger partial charge >= 0.3 is 0 Å². The van der Waals surface area contributed by atoms with Gasteiger partial charge in [0, 0.05) is 36.1 Å². The average molecular weight is 280 g/mol. The summed E-state index contributed by atoms with van der Waals surface area (Å²) < 4.78 is 0. The van der Waals surface area contributed by atoms with E-state index in [-0.39, 0.29) is 5.78 Å². The number of Topliss-reactive ketones (excluding diaryl/α,β-unsaturated/α-hetero) is 1. The minimum Gasteiger partial charge on any atom is -0.369 e. The van der Waals surface area contributed by atoms with Crippen molar-refractivity contribution < 1.29 is 4.79 Å². The quantitative estimate of drug-likeness (QED) is 0.599. The van der Waals surface area contributed by atoms with Crippen molar-refractivity contribution in [1.29, 1.82) is 0 Å². The molecule has 1 heterocycles. The average Bonchev–Trinajstić information content (AvgIpc) is 2.43. The maximum atomic E-state index is 12.1. The van der Waals surface area contributed by atoms with E-state index in [9.17, 15) is 4.79 Å². The van der Waals surface area contributed by atoms with Crippen LogP contribution in [-0.4, -0.2) is 24.2 Å². The maximum Gasteiger partial charge on any atom is 0.162 e. The SMILES string of the molecule is CC(C)N1CCCc2ccc(C(=O)CCCCl)cc21. The van der Waals surface area contributed by atoms with Gasteiger partial charge < -0.3 is 4.90 Å². The summed E-state index contributed by atoms with van der Waals surface area (Å²) in [5.41, 5.74) is 3.45. The molecule has 0 atom stereocenters. The number of aryl methyl sites for hydroxylation is 1. The van der Waals surface area contributed by atoms with E-state index in [2.05, 4.69) is 30.9 Å². The molecule has 19 heavy (non-hydrogen) atoms. The molecule has 2 nitrogen and oxygen atoms in total. The number of halogens is 1. The van der Waals surface area contributed by atoms with Gasteiger partial charge in [-0.1, -0.05) is 12.1 Å². The molecule has 0 N–H and O–H groups in total. The number of anilines is 1. The summed E-state index contributed by atoms with van der Waals surface area (Å²) in [7, 11) is 0. The molecule has 1 aliphatic rings. The fraction of sp³-hybridized carbons (Fsp3) is 0.562. The number of carbonyl (C=O) groups is 1. The van der Waals surface area contributed by atoms with Crippen LogP contribution in [0, 0.1) is 0 Å². The molecule has 0 unspecified atom stereocenters. The Morgan fingerprint density at radius 3 is 2.89 bits per heavy atom. The second-order valence-electron chi connectivity index (χ2n) is 5.45. The molecule has 2 rings (SSSR count). The Balaban J connectivity index is 2.25. The van der Waals surface area contributed by atoms with Crippen molar-refractivity contribution in [3.63, 3.8) is 0 Å². The standard InChI is InChI=1S/C16H22ClNO/c1-12(2)18-10-4-5-13-7-8-14(11-15(13)18)16(19)6-3-9-17/h7-8,11-12H,3-6,9-10H2,1-2H3. The molecule has 0 bridgehead atoms. The first kappa shape index (κ1) is 14.4. The van der Waals surface area contributed by atoms with Gasteiger partial charge in [-0.15, -0.1) is 11.6 Å². The number of carbonyl (C=O) groups excluding carboxylic acids is 1. The van der Waals surface area contributed by atoms with Crippen molar-refractivity contribution in [2.24, 2.45) is 0 Å². The maximum absolute atomic E-state index is 12.1. The summed E-state index contributed by atoms with van der Waals surface area (Å²) in [6.45, 7) is 5.50. The summed E-state index contributed by atoms with van der Waals surface area (Å²) in [4.78, 5) is 14.5. The third kappa shape index (κ3) is 3.30. The molecule has 0 amide bonds. The fourth-order valence-corrected chi connectivity index (χ4v) is 2.82. The lowest BCUT2D eigenvalue weighted by atomic mass is 9.96. The van der Waals surface area contributed by atoms with Crippen molar-refractivity contribution in [3.8, 4) is 0 Å². The minimum atomic E-state index is 0.206. The molecule has 104 valence electrons. The molecule has 1 aromatic rings. The van der Waals surface area contributed by atoms with Crippen LogP contribution in [-0.2, 0) is 6.42 Å². The topological polar surface area (TPSA) is 20.3 Å². The third-order valence-electron chi connectivity index (χ3n) is 3.72. The van der Waals surface area contributed by atoms with Crippen LogP contribution in [0.15, 0.2) is 18.2 Å². The van der Waals surface area contributed by atoms with Crippen LogP contribution in [0.4, 0.5) is 5.69 Å². The van der Waals surface area contributed by atoms with Gasteiger partial charge in [-0.05, 0) is 44.7 Å². The zero-order chi connectivity index (χ0) is 13.8. The van der Waals surface area contributed by atoms with Crippen LogP contribution < -0.4 is 4.90 Å². The highest BCUT2D eigenvalue weighted by Crippen LogP contribution is 2.30.